The molecule has 0 radical (unpaired) electrons. The van der Waals surface area contributed by atoms with Crippen LogP contribution in [0.25, 0.3) is 0 Å². The summed E-state index contributed by atoms with van der Waals surface area (Å²) in [6, 6.07) is 4.18. The maximum atomic E-state index is 11.2. The molecular formula is C13H20N4O2. The van der Waals surface area contributed by atoms with E-state index in [2.05, 4.69) is 31.3 Å². The number of aromatic nitrogens is 1. The van der Waals surface area contributed by atoms with Crippen LogP contribution in [-0.4, -0.2) is 49.3 Å². The third kappa shape index (κ3) is 3.57. The number of amides is 1. The van der Waals surface area contributed by atoms with Crippen LogP contribution < -0.4 is 10.6 Å². The Kier molecular flexibility index (Phi) is 4.57. The predicted octanol–water partition coefficient (Wildman–Crippen LogP) is 1.05. The number of nitrogens with zero attached hydrogens (tertiary/aromatic N) is 2. The number of anilines is 1. The van der Waals surface area contributed by atoms with Crippen molar-refractivity contribution in [2.24, 2.45) is 0 Å². The van der Waals surface area contributed by atoms with Crippen molar-refractivity contribution in [2.75, 3.05) is 32.6 Å². The van der Waals surface area contributed by atoms with Crippen LogP contribution in [0.4, 0.5) is 10.6 Å². The second kappa shape index (κ2) is 6.38. The Morgan fingerprint density at radius 3 is 3.21 bits per heavy atom. The monoisotopic (exact) mass is 264 g/mol. The molecule has 1 saturated heterocycles. The predicted molar refractivity (Wildman–Crippen MR) is 73.0 cm³/mol. The van der Waals surface area contributed by atoms with Gasteiger partial charge in [-0.3, -0.25) is 4.90 Å². The minimum atomic E-state index is -0.357. The molecule has 0 aromatic carbocycles. The molecule has 1 fully saturated rings. The molecule has 6 nitrogen and oxygen atoms in total. The van der Waals surface area contributed by atoms with Crippen LogP contribution in [0.1, 0.15) is 12.0 Å². The lowest BCUT2D eigenvalue weighted by molar-refractivity contribution is 0.166. The first-order chi connectivity index (χ1) is 9.22. The van der Waals surface area contributed by atoms with Crippen LogP contribution >= 0.6 is 0 Å². The molecule has 6 heteroatoms. The molecule has 1 amide bonds. The van der Waals surface area contributed by atoms with E-state index in [1.54, 1.807) is 6.20 Å². The molecule has 1 atom stereocenters. The lowest BCUT2D eigenvalue weighted by Gasteiger charge is -2.17. The van der Waals surface area contributed by atoms with Crippen LogP contribution in [0, 0.1) is 0 Å². The summed E-state index contributed by atoms with van der Waals surface area (Å²) in [6.07, 6.45) is 2.37. The number of alkyl carbamates (subject to hydrolysis) is 1. The zero-order chi connectivity index (χ0) is 13.7. The topological polar surface area (TPSA) is 66.5 Å². The average Bonchev–Trinajstić information content (AvgIpc) is 2.86. The number of nitrogens with one attached hydrogen (secondary N) is 2. The summed E-state index contributed by atoms with van der Waals surface area (Å²) in [7, 11) is 3.26. The highest BCUT2D eigenvalue weighted by Crippen LogP contribution is 2.17. The molecule has 1 aromatic heterocycles. The van der Waals surface area contributed by atoms with Gasteiger partial charge in [0, 0.05) is 44.5 Å². The van der Waals surface area contributed by atoms with Gasteiger partial charge in [0.05, 0.1) is 7.11 Å². The molecule has 0 bridgehead atoms. The Balaban J connectivity index is 1.89. The van der Waals surface area contributed by atoms with Gasteiger partial charge < -0.3 is 15.4 Å². The number of hydrogen-bond donors (Lipinski definition) is 2. The summed E-state index contributed by atoms with van der Waals surface area (Å²) in [5.74, 6) is 0.909. The maximum Gasteiger partial charge on any atom is 0.407 e. The highest BCUT2D eigenvalue weighted by molar-refractivity contribution is 5.67. The summed E-state index contributed by atoms with van der Waals surface area (Å²) in [5, 5.41) is 5.93. The SMILES string of the molecule is CNc1ncccc1CN1CCC(NC(=O)OC)C1. The van der Waals surface area contributed by atoms with E-state index < -0.39 is 0 Å². The van der Waals surface area contributed by atoms with Crippen LogP contribution in [0.15, 0.2) is 18.3 Å². The second-order valence-corrected chi connectivity index (χ2v) is 4.62. The number of carbonyl (C=O) groups excluding carboxylic acids is 1. The van der Waals surface area contributed by atoms with Gasteiger partial charge in [0.15, 0.2) is 0 Å². The lowest BCUT2D eigenvalue weighted by atomic mass is 10.2. The fourth-order valence-corrected chi connectivity index (χ4v) is 2.35. The van der Waals surface area contributed by atoms with Gasteiger partial charge in [0.25, 0.3) is 0 Å². The number of carbonyl (C=O) groups is 1. The zero-order valence-corrected chi connectivity index (χ0v) is 11.3. The van der Waals surface area contributed by atoms with Gasteiger partial charge in [-0.15, -0.1) is 0 Å². The van der Waals surface area contributed by atoms with Crippen LogP contribution in [0.2, 0.25) is 0 Å². The van der Waals surface area contributed by atoms with Gasteiger partial charge in [-0.25, -0.2) is 9.78 Å². The lowest BCUT2D eigenvalue weighted by Crippen LogP contribution is -2.36. The van der Waals surface area contributed by atoms with Crippen molar-refractivity contribution < 1.29 is 9.53 Å². The van der Waals surface area contributed by atoms with E-state index in [4.69, 9.17) is 0 Å². The Morgan fingerprint density at radius 2 is 2.47 bits per heavy atom. The van der Waals surface area contributed by atoms with Crippen molar-refractivity contribution in [3.05, 3.63) is 23.9 Å². The summed E-state index contributed by atoms with van der Waals surface area (Å²) in [4.78, 5) is 17.8. The van der Waals surface area contributed by atoms with E-state index in [0.717, 1.165) is 31.9 Å². The van der Waals surface area contributed by atoms with Crippen molar-refractivity contribution in [3.8, 4) is 0 Å². The fourth-order valence-electron chi connectivity index (χ4n) is 2.35. The van der Waals surface area contributed by atoms with Crippen LogP contribution in [-0.2, 0) is 11.3 Å². The minimum Gasteiger partial charge on any atom is -0.453 e. The van der Waals surface area contributed by atoms with Crippen molar-refractivity contribution in [1.29, 1.82) is 0 Å². The Bertz CT molecular complexity index is 438. The van der Waals surface area contributed by atoms with Crippen LogP contribution in [0.3, 0.4) is 0 Å². The Hall–Kier alpha value is -1.82. The Labute approximate surface area is 113 Å². The van der Waals surface area contributed by atoms with Crippen molar-refractivity contribution >= 4 is 11.9 Å². The summed E-state index contributed by atoms with van der Waals surface area (Å²) < 4.78 is 4.61. The average molecular weight is 264 g/mol. The summed E-state index contributed by atoms with van der Waals surface area (Å²) in [5.41, 5.74) is 1.17. The first kappa shape index (κ1) is 13.6. The highest BCUT2D eigenvalue weighted by atomic mass is 16.5. The molecule has 1 aromatic rings. The first-order valence-corrected chi connectivity index (χ1v) is 6.41. The minimum absolute atomic E-state index is 0.169. The zero-order valence-electron chi connectivity index (χ0n) is 11.3. The fraction of sp³-hybridized carbons (Fsp3) is 0.538. The molecule has 1 aliphatic rings. The van der Waals surface area contributed by atoms with E-state index in [1.165, 1.54) is 12.7 Å². The van der Waals surface area contributed by atoms with Crippen molar-refractivity contribution in [2.45, 2.75) is 19.0 Å². The number of ether oxygens (including phenoxy) is 1. The Morgan fingerprint density at radius 1 is 1.63 bits per heavy atom. The number of methoxy groups -OCH3 is 1. The molecule has 0 saturated carbocycles. The standard InChI is InChI=1S/C13H20N4O2/c1-14-12-10(4-3-6-15-12)8-17-7-5-11(9-17)16-13(18)19-2/h3-4,6,11H,5,7-9H2,1-2H3,(H,14,15)(H,16,18). The van der Waals surface area contributed by atoms with Gasteiger partial charge in [-0.1, -0.05) is 6.07 Å². The number of rotatable bonds is 4. The maximum absolute atomic E-state index is 11.2. The van der Waals surface area contributed by atoms with Gasteiger partial charge in [0.2, 0.25) is 0 Å². The molecule has 0 aliphatic carbocycles. The molecule has 1 unspecified atom stereocenters. The summed E-state index contributed by atoms with van der Waals surface area (Å²) >= 11 is 0. The molecule has 2 rings (SSSR count). The third-order valence-corrected chi connectivity index (χ3v) is 3.30. The molecule has 1 aliphatic heterocycles. The largest absolute Gasteiger partial charge is 0.453 e. The second-order valence-electron chi connectivity index (χ2n) is 4.62. The van der Waals surface area contributed by atoms with Gasteiger partial charge in [0.1, 0.15) is 5.82 Å². The molecular weight excluding hydrogens is 244 g/mol. The van der Waals surface area contributed by atoms with E-state index in [-0.39, 0.29) is 12.1 Å². The van der Waals surface area contributed by atoms with Crippen molar-refractivity contribution in [3.63, 3.8) is 0 Å². The molecule has 2 N–H and O–H groups in total. The molecule has 104 valence electrons. The smallest absolute Gasteiger partial charge is 0.407 e. The van der Waals surface area contributed by atoms with Gasteiger partial charge in [-0.05, 0) is 12.5 Å². The number of likely N-dealkylation sites (tertiary alicyclic amines) is 1. The highest BCUT2D eigenvalue weighted by Gasteiger charge is 2.24. The molecule has 19 heavy (non-hydrogen) atoms. The summed E-state index contributed by atoms with van der Waals surface area (Å²) in [6.45, 7) is 2.64. The van der Waals surface area contributed by atoms with E-state index in [9.17, 15) is 4.79 Å². The third-order valence-electron chi connectivity index (χ3n) is 3.30. The van der Waals surface area contributed by atoms with Crippen molar-refractivity contribution in [1.82, 2.24) is 15.2 Å². The number of hydrogen-bond acceptors (Lipinski definition) is 5. The molecule has 0 spiro atoms. The number of pyridine rings is 1. The van der Waals surface area contributed by atoms with Gasteiger partial charge >= 0.3 is 6.09 Å². The molecule has 2 heterocycles. The first-order valence-electron chi connectivity index (χ1n) is 6.41. The quantitative estimate of drug-likeness (QED) is 0.851. The normalized spacial score (nSPS) is 19.2. The van der Waals surface area contributed by atoms with Gasteiger partial charge in [-0.2, -0.15) is 0 Å². The van der Waals surface area contributed by atoms with E-state index in [1.807, 2.05) is 13.1 Å². The van der Waals surface area contributed by atoms with E-state index in [0.29, 0.717) is 0 Å². The van der Waals surface area contributed by atoms with Crippen LogP contribution in [0.5, 0.6) is 0 Å². The van der Waals surface area contributed by atoms with E-state index >= 15 is 0 Å².